The number of carbonyl (C=O) groups is 1. The van der Waals surface area contributed by atoms with Gasteiger partial charge < -0.3 is 10.6 Å². The van der Waals surface area contributed by atoms with Crippen LogP contribution in [-0.2, 0) is 6.54 Å². The minimum atomic E-state index is -4.17. The maximum Gasteiger partial charge on any atom is 0.391 e. The topological polar surface area (TPSA) is 54.0 Å². The zero-order valence-corrected chi connectivity index (χ0v) is 13.4. The minimum Gasteiger partial charge on any atom is -0.335 e. The number of thiazole rings is 1. The van der Waals surface area contributed by atoms with Crippen LogP contribution in [0, 0.1) is 19.8 Å². The molecule has 1 aliphatic carbocycles. The Morgan fingerprint density at radius 2 is 2.09 bits per heavy atom. The van der Waals surface area contributed by atoms with E-state index in [1.165, 1.54) is 11.3 Å². The van der Waals surface area contributed by atoms with E-state index in [9.17, 15) is 18.0 Å². The molecule has 124 valence electrons. The Hall–Kier alpha value is -1.31. The molecule has 0 aromatic carbocycles. The number of aromatic nitrogens is 1. The quantitative estimate of drug-likeness (QED) is 0.885. The van der Waals surface area contributed by atoms with Crippen molar-refractivity contribution in [2.75, 3.05) is 0 Å². The first-order valence-electron chi connectivity index (χ1n) is 7.29. The molecule has 1 aromatic heterocycles. The SMILES string of the molecule is Cc1nc(C)c(CNC(=O)N[C@H]2CCC[C@@H](C(F)(F)F)C2)s1. The standard InChI is InChI=1S/C14H20F3N3OS/c1-8-12(22-9(2)19-8)7-18-13(21)20-11-5-3-4-10(6-11)14(15,16)17/h10-11H,3-7H2,1-2H3,(H2,18,20,21)/t10-,11+/m1/s1. The summed E-state index contributed by atoms with van der Waals surface area (Å²) in [5.41, 5.74) is 0.873. The summed E-state index contributed by atoms with van der Waals surface area (Å²) in [5.74, 6) is -1.31. The van der Waals surface area contributed by atoms with E-state index in [4.69, 9.17) is 0 Å². The van der Waals surface area contributed by atoms with Crippen LogP contribution >= 0.6 is 11.3 Å². The molecule has 1 aromatic rings. The van der Waals surface area contributed by atoms with Gasteiger partial charge in [0.25, 0.3) is 0 Å². The van der Waals surface area contributed by atoms with Crippen LogP contribution < -0.4 is 10.6 Å². The van der Waals surface area contributed by atoms with Gasteiger partial charge in [0.2, 0.25) is 0 Å². The lowest BCUT2D eigenvalue weighted by Gasteiger charge is -2.31. The van der Waals surface area contributed by atoms with E-state index >= 15 is 0 Å². The molecule has 1 fully saturated rings. The van der Waals surface area contributed by atoms with E-state index < -0.39 is 24.2 Å². The summed E-state index contributed by atoms with van der Waals surface area (Å²) in [6, 6.07) is -0.831. The lowest BCUT2D eigenvalue weighted by molar-refractivity contribution is -0.183. The second-order valence-corrected chi connectivity index (χ2v) is 6.96. The molecule has 0 radical (unpaired) electrons. The number of alkyl halides is 3. The summed E-state index contributed by atoms with van der Waals surface area (Å²) in [5, 5.41) is 6.27. The molecule has 0 spiro atoms. The highest BCUT2D eigenvalue weighted by Gasteiger charge is 2.42. The molecule has 0 unspecified atom stereocenters. The van der Waals surface area contributed by atoms with Gasteiger partial charge >= 0.3 is 12.2 Å². The summed E-state index contributed by atoms with van der Waals surface area (Å²) in [4.78, 5) is 17.1. The Morgan fingerprint density at radius 1 is 1.36 bits per heavy atom. The Bertz CT molecular complexity index is 530. The fourth-order valence-electron chi connectivity index (χ4n) is 2.75. The second kappa shape index (κ2) is 6.85. The maximum atomic E-state index is 12.7. The van der Waals surface area contributed by atoms with Crippen molar-refractivity contribution in [3.63, 3.8) is 0 Å². The first-order chi connectivity index (χ1) is 10.3. The van der Waals surface area contributed by atoms with Gasteiger partial charge in [-0.1, -0.05) is 6.42 Å². The van der Waals surface area contributed by atoms with Crippen molar-refractivity contribution in [3.8, 4) is 0 Å². The molecule has 0 bridgehead atoms. The van der Waals surface area contributed by atoms with Gasteiger partial charge in [-0.3, -0.25) is 0 Å². The predicted octanol–water partition coefficient (Wildman–Crippen LogP) is 3.68. The van der Waals surface area contributed by atoms with E-state index in [2.05, 4.69) is 15.6 Å². The van der Waals surface area contributed by atoms with Gasteiger partial charge in [-0.15, -0.1) is 11.3 Å². The number of hydrogen-bond donors (Lipinski definition) is 2. The van der Waals surface area contributed by atoms with Gasteiger partial charge in [-0.2, -0.15) is 13.2 Å². The summed E-state index contributed by atoms with van der Waals surface area (Å²) in [6.07, 6.45) is -2.96. The third-order valence-corrected chi connectivity index (χ3v) is 4.95. The van der Waals surface area contributed by atoms with E-state index in [0.29, 0.717) is 19.4 Å². The number of amides is 2. The molecule has 2 rings (SSSR count). The molecular weight excluding hydrogens is 315 g/mol. The van der Waals surface area contributed by atoms with E-state index in [-0.39, 0.29) is 12.8 Å². The van der Waals surface area contributed by atoms with Gasteiger partial charge in [0.05, 0.1) is 23.2 Å². The Morgan fingerprint density at radius 3 is 2.68 bits per heavy atom. The summed E-state index contributed by atoms with van der Waals surface area (Å²) < 4.78 is 38.2. The third kappa shape index (κ3) is 4.59. The normalized spacial score (nSPS) is 22.4. The molecular formula is C14H20F3N3OS. The predicted molar refractivity (Wildman–Crippen MR) is 78.8 cm³/mol. The molecule has 1 saturated carbocycles. The van der Waals surface area contributed by atoms with Crippen molar-refractivity contribution < 1.29 is 18.0 Å². The number of hydrogen-bond acceptors (Lipinski definition) is 3. The van der Waals surface area contributed by atoms with E-state index in [1.54, 1.807) is 0 Å². The molecule has 22 heavy (non-hydrogen) atoms. The zero-order valence-electron chi connectivity index (χ0n) is 12.6. The third-order valence-electron chi connectivity index (χ3n) is 3.88. The van der Waals surface area contributed by atoms with Crippen LogP contribution in [0.5, 0.6) is 0 Å². The largest absolute Gasteiger partial charge is 0.391 e. The Balaban J connectivity index is 1.80. The minimum absolute atomic E-state index is 0.0321. The van der Waals surface area contributed by atoms with Crippen LogP contribution in [0.4, 0.5) is 18.0 Å². The van der Waals surface area contributed by atoms with Crippen LogP contribution in [0.15, 0.2) is 0 Å². The molecule has 2 amide bonds. The average molecular weight is 335 g/mol. The molecule has 0 saturated heterocycles. The van der Waals surface area contributed by atoms with Crippen LogP contribution in [-0.4, -0.2) is 23.2 Å². The number of halogens is 3. The van der Waals surface area contributed by atoms with Crippen molar-refractivity contribution in [3.05, 3.63) is 15.6 Å². The molecule has 0 aliphatic heterocycles. The number of nitrogens with one attached hydrogen (secondary N) is 2. The lowest BCUT2D eigenvalue weighted by Crippen LogP contribution is -2.45. The number of nitrogens with zero attached hydrogens (tertiary/aromatic N) is 1. The highest BCUT2D eigenvalue weighted by Crippen LogP contribution is 2.37. The van der Waals surface area contributed by atoms with Crippen LogP contribution in [0.1, 0.15) is 41.3 Å². The van der Waals surface area contributed by atoms with Gasteiger partial charge in [-0.05, 0) is 33.1 Å². The molecule has 1 heterocycles. The van der Waals surface area contributed by atoms with Crippen LogP contribution in [0.3, 0.4) is 0 Å². The van der Waals surface area contributed by atoms with Crippen LogP contribution in [0.25, 0.3) is 0 Å². The molecule has 2 atom stereocenters. The number of carbonyl (C=O) groups excluding carboxylic acids is 1. The smallest absolute Gasteiger partial charge is 0.335 e. The first kappa shape index (κ1) is 17.1. The van der Waals surface area contributed by atoms with E-state index in [1.807, 2.05) is 13.8 Å². The van der Waals surface area contributed by atoms with Crippen molar-refractivity contribution in [1.82, 2.24) is 15.6 Å². The Labute approximate surface area is 131 Å². The van der Waals surface area contributed by atoms with Crippen molar-refractivity contribution in [2.45, 2.75) is 58.3 Å². The number of rotatable bonds is 3. The highest BCUT2D eigenvalue weighted by atomic mass is 32.1. The average Bonchev–Trinajstić information content (AvgIpc) is 2.74. The van der Waals surface area contributed by atoms with Crippen molar-refractivity contribution >= 4 is 17.4 Å². The van der Waals surface area contributed by atoms with Gasteiger partial charge in [0.1, 0.15) is 0 Å². The fourth-order valence-corrected chi connectivity index (χ4v) is 3.63. The summed E-state index contributed by atoms with van der Waals surface area (Å²) in [7, 11) is 0. The van der Waals surface area contributed by atoms with E-state index in [0.717, 1.165) is 15.6 Å². The lowest BCUT2D eigenvalue weighted by atomic mass is 9.85. The summed E-state index contributed by atoms with van der Waals surface area (Å²) in [6.45, 7) is 4.10. The maximum absolute atomic E-state index is 12.7. The highest BCUT2D eigenvalue weighted by molar-refractivity contribution is 7.11. The second-order valence-electron chi connectivity index (χ2n) is 5.67. The molecule has 2 N–H and O–H groups in total. The zero-order chi connectivity index (χ0) is 16.3. The fraction of sp³-hybridized carbons (Fsp3) is 0.714. The van der Waals surface area contributed by atoms with Crippen molar-refractivity contribution in [2.24, 2.45) is 5.92 Å². The molecule has 1 aliphatic rings. The van der Waals surface area contributed by atoms with Gasteiger partial charge in [0, 0.05) is 10.9 Å². The Kier molecular flexibility index (Phi) is 5.31. The van der Waals surface area contributed by atoms with Crippen LogP contribution in [0.2, 0.25) is 0 Å². The molecule has 4 nitrogen and oxygen atoms in total. The van der Waals surface area contributed by atoms with Gasteiger partial charge in [0.15, 0.2) is 0 Å². The summed E-state index contributed by atoms with van der Waals surface area (Å²) >= 11 is 1.50. The monoisotopic (exact) mass is 335 g/mol. The number of aryl methyl sites for hydroxylation is 2. The number of urea groups is 1. The molecule has 8 heteroatoms. The first-order valence-corrected chi connectivity index (χ1v) is 8.11. The van der Waals surface area contributed by atoms with Gasteiger partial charge in [-0.25, -0.2) is 9.78 Å². The van der Waals surface area contributed by atoms with Crippen molar-refractivity contribution in [1.29, 1.82) is 0 Å².